The molecule has 19 heavy (non-hydrogen) atoms. The van der Waals surface area contributed by atoms with Gasteiger partial charge in [0.2, 0.25) is 0 Å². The van der Waals surface area contributed by atoms with Gasteiger partial charge in [-0.15, -0.1) is 0 Å². The van der Waals surface area contributed by atoms with Crippen molar-refractivity contribution in [2.24, 2.45) is 11.8 Å². The average Bonchev–Trinajstić information content (AvgIpc) is 3.22. The lowest BCUT2D eigenvalue weighted by Crippen LogP contribution is -2.18. The van der Waals surface area contributed by atoms with Crippen molar-refractivity contribution in [1.82, 2.24) is 0 Å². The third kappa shape index (κ3) is 1.81. The summed E-state index contributed by atoms with van der Waals surface area (Å²) in [7, 11) is 0. The van der Waals surface area contributed by atoms with Gasteiger partial charge in [0.1, 0.15) is 0 Å². The van der Waals surface area contributed by atoms with E-state index in [2.05, 4.69) is 24.3 Å². The van der Waals surface area contributed by atoms with Crippen LogP contribution in [-0.4, -0.2) is 17.8 Å². The van der Waals surface area contributed by atoms with Crippen molar-refractivity contribution in [2.45, 2.75) is 37.7 Å². The first-order chi connectivity index (χ1) is 9.36. The maximum Gasteiger partial charge on any atom is 0.0876 e. The smallest absolute Gasteiger partial charge is 0.0876 e. The number of fused-ring (bicyclic) bond motifs is 3. The molecule has 1 saturated carbocycles. The summed E-state index contributed by atoms with van der Waals surface area (Å²) >= 11 is 0. The fraction of sp³-hybridized carbons (Fsp3) is 0.529. The number of rotatable bonds is 2. The van der Waals surface area contributed by atoms with Crippen molar-refractivity contribution < 1.29 is 9.84 Å². The summed E-state index contributed by atoms with van der Waals surface area (Å²) in [5.41, 5.74) is 4.09. The minimum Gasteiger partial charge on any atom is -0.501 e. The van der Waals surface area contributed by atoms with Crippen molar-refractivity contribution in [3.05, 3.63) is 47.2 Å². The number of ether oxygens (including phenoxy) is 1. The quantitative estimate of drug-likeness (QED) is 0.881. The van der Waals surface area contributed by atoms with Crippen LogP contribution in [0.15, 0.2) is 36.1 Å². The fourth-order valence-corrected chi connectivity index (χ4v) is 4.10. The Hall–Kier alpha value is -1.28. The molecule has 1 aromatic carbocycles. The van der Waals surface area contributed by atoms with Gasteiger partial charge < -0.3 is 9.84 Å². The maximum absolute atomic E-state index is 10.6. The lowest BCUT2D eigenvalue weighted by molar-refractivity contribution is 0.147. The molecule has 100 valence electrons. The second-order valence-electron chi connectivity index (χ2n) is 6.12. The molecule has 0 spiro atoms. The van der Waals surface area contributed by atoms with Crippen LogP contribution in [0, 0.1) is 11.8 Å². The third-order valence-corrected chi connectivity index (χ3v) is 5.10. The van der Waals surface area contributed by atoms with Gasteiger partial charge in [0, 0.05) is 0 Å². The van der Waals surface area contributed by atoms with Crippen LogP contribution >= 0.6 is 0 Å². The van der Waals surface area contributed by atoms with Gasteiger partial charge >= 0.3 is 0 Å². The largest absolute Gasteiger partial charge is 0.501 e. The summed E-state index contributed by atoms with van der Waals surface area (Å²) < 4.78 is 5.38. The average molecular weight is 256 g/mol. The van der Waals surface area contributed by atoms with E-state index in [9.17, 15) is 5.11 Å². The van der Waals surface area contributed by atoms with E-state index < -0.39 is 0 Å². The molecule has 1 aliphatic heterocycles. The summed E-state index contributed by atoms with van der Waals surface area (Å²) in [4.78, 5) is 0. The monoisotopic (exact) mass is 256 g/mol. The van der Waals surface area contributed by atoms with E-state index >= 15 is 0 Å². The van der Waals surface area contributed by atoms with Crippen molar-refractivity contribution >= 4 is 0 Å². The zero-order chi connectivity index (χ0) is 12.8. The number of benzene rings is 1. The van der Waals surface area contributed by atoms with Crippen molar-refractivity contribution in [1.29, 1.82) is 0 Å². The number of hydrogen-bond donors (Lipinski definition) is 1. The second-order valence-corrected chi connectivity index (χ2v) is 6.12. The molecule has 4 unspecified atom stereocenters. The predicted molar refractivity (Wildman–Crippen MR) is 73.8 cm³/mol. The van der Waals surface area contributed by atoms with Crippen LogP contribution in [-0.2, 0) is 11.2 Å². The Labute approximate surface area is 114 Å². The lowest BCUT2D eigenvalue weighted by Gasteiger charge is -2.19. The summed E-state index contributed by atoms with van der Waals surface area (Å²) in [6.45, 7) is 0.802. The van der Waals surface area contributed by atoms with E-state index in [4.69, 9.17) is 4.74 Å². The molecule has 3 aliphatic rings. The molecule has 0 bridgehead atoms. The molecule has 2 aliphatic carbocycles. The van der Waals surface area contributed by atoms with Gasteiger partial charge in [-0.05, 0) is 60.1 Å². The summed E-state index contributed by atoms with van der Waals surface area (Å²) in [6.07, 6.45) is 5.97. The summed E-state index contributed by atoms with van der Waals surface area (Å²) in [6, 6.07) is 8.76. The van der Waals surface area contributed by atoms with E-state index in [0.717, 1.165) is 25.0 Å². The number of aliphatic hydroxyl groups is 1. The van der Waals surface area contributed by atoms with Crippen LogP contribution in [0.5, 0.6) is 0 Å². The number of hydrogen-bond acceptors (Lipinski definition) is 2. The molecule has 0 saturated heterocycles. The van der Waals surface area contributed by atoms with Crippen molar-refractivity contribution in [3.63, 3.8) is 0 Å². The Morgan fingerprint density at radius 2 is 2.11 bits per heavy atom. The van der Waals surface area contributed by atoms with Gasteiger partial charge in [-0.1, -0.05) is 24.3 Å². The first kappa shape index (κ1) is 11.5. The van der Waals surface area contributed by atoms with Crippen molar-refractivity contribution in [2.75, 3.05) is 6.61 Å². The summed E-state index contributed by atoms with van der Waals surface area (Å²) in [5, 5.41) is 10.6. The highest BCUT2D eigenvalue weighted by Gasteiger charge is 2.56. The third-order valence-electron chi connectivity index (χ3n) is 5.10. The minimum absolute atomic E-state index is 0.290. The molecule has 4 rings (SSSR count). The van der Waals surface area contributed by atoms with Gasteiger partial charge in [0.05, 0.1) is 19.0 Å². The topological polar surface area (TPSA) is 29.5 Å². The van der Waals surface area contributed by atoms with Gasteiger partial charge in [0.15, 0.2) is 0 Å². The molecule has 1 aromatic rings. The highest BCUT2D eigenvalue weighted by atomic mass is 16.5. The first-order valence-electron chi connectivity index (χ1n) is 7.42. The number of aryl methyl sites for hydroxylation is 1. The van der Waals surface area contributed by atoms with Crippen LogP contribution in [0.25, 0.3) is 0 Å². The lowest BCUT2D eigenvalue weighted by atomic mass is 9.92. The van der Waals surface area contributed by atoms with E-state index in [-0.39, 0.29) is 6.10 Å². The zero-order valence-corrected chi connectivity index (χ0v) is 11.1. The zero-order valence-electron chi connectivity index (χ0n) is 11.1. The van der Waals surface area contributed by atoms with E-state index in [1.165, 1.54) is 24.0 Å². The van der Waals surface area contributed by atoms with E-state index in [0.29, 0.717) is 17.8 Å². The van der Waals surface area contributed by atoms with Crippen LogP contribution in [0.2, 0.25) is 0 Å². The van der Waals surface area contributed by atoms with Gasteiger partial charge in [0.25, 0.3) is 0 Å². The minimum atomic E-state index is -0.290. The molecule has 0 amide bonds. The highest BCUT2D eigenvalue weighted by Crippen LogP contribution is 2.62. The van der Waals surface area contributed by atoms with Gasteiger partial charge in [-0.25, -0.2) is 0 Å². The standard InChI is InChI=1S/C17H20O2/c18-17(12-5-3-9-19-10-12)16-14-8-7-11-4-1-2-6-13(11)15(14)16/h1-2,4,6,10,14-18H,3,5,7-9H2. The Bertz CT molecular complexity index is 520. The van der Waals surface area contributed by atoms with Crippen LogP contribution in [0.1, 0.15) is 36.3 Å². The Kier molecular flexibility index (Phi) is 2.66. The molecule has 4 atom stereocenters. The van der Waals surface area contributed by atoms with Gasteiger partial charge in [-0.2, -0.15) is 0 Å². The van der Waals surface area contributed by atoms with E-state index in [1.807, 2.05) is 6.26 Å². The Morgan fingerprint density at radius 1 is 1.21 bits per heavy atom. The van der Waals surface area contributed by atoms with Gasteiger partial charge in [-0.3, -0.25) is 0 Å². The molecule has 1 fully saturated rings. The highest BCUT2D eigenvalue weighted by molar-refractivity contribution is 5.40. The molecule has 0 radical (unpaired) electrons. The summed E-state index contributed by atoms with van der Waals surface area (Å²) in [5.74, 6) is 1.70. The molecular weight excluding hydrogens is 236 g/mol. The fourth-order valence-electron chi connectivity index (χ4n) is 4.10. The molecule has 0 aromatic heterocycles. The van der Waals surface area contributed by atoms with Crippen LogP contribution in [0.4, 0.5) is 0 Å². The molecular formula is C17H20O2. The van der Waals surface area contributed by atoms with Crippen molar-refractivity contribution in [3.8, 4) is 0 Å². The Balaban J connectivity index is 1.58. The Morgan fingerprint density at radius 3 is 2.95 bits per heavy atom. The predicted octanol–water partition coefficient (Wildman–Crippen LogP) is 3.02. The molecule has 2 heteroatoms. The first-order valence-corrected chi connectivity index (χ1v) is 7.42. The normalized spacial score (nSPS) is 33.5. The second kappa shape index (κ2) is 4.38. The van der Waals surface area contributed by atoms with Crippen LogP contribution < -0.4 is 0 Å². The molecule has 2 nitrogen and oxygen atoms in total. The number of aliphatic hydroxyl groups excluding tert-OH is 1. The maximum atomic E-state index is 10.6. The SMILES string of the molecule is OC(C1=COCCC1)C1C2CCc3ccccc3C21. The van der Waals surface area contributed by atoms with Crippen LogP contribution in [0.3, 0.4) is 0 Å². The molecule has 1 N–H and O–H groups in total. The molecule has 1 heterocycles. The van der Waals surface area contributed by atoms with E-state index in [1.54, 1.807) is 0 Å².